The quantitative estimate of drug-likeness (QED) is 0.629. The van der Waals surface area contributed by atoms with E-state index in [-0.39, 0.29) is 17.5 Å². The van der Waals surface area contributed by atoms with Gasteiger partial charge in [-0.1, -0.05) is 18.2 Å². The van der Waals surface area contributed by atoms with Gasteiger partial charge >= 0.3 is 6.09 Å². The zero-order valence-electron chi connectivity index (χ0n) is 17.8. The van der Waals surface area contributed by atoms with Gasteiger partial charge in [0.25, 0.3) is 5.56 Å². The number of fused-ring (bicyclic) bond motifs is 1. The fourth-order valence-electron chi connectivity index (χ4n) is 3.61. The molecule has 0 bridgehead atoms. The second kappa shape index (κ2) is 8.02. The summed E-state index contributed by atoms with van der Waals surface area (Å²) >= 11 is 0. The highest BCUT2D eigenvalue weighted by atomic mass is 19.1. The van der Waals surface area contributed by atoms with Crippen molar-refractivity contribution in [2.24, 2.45) is 0 Å². The highest BCUT2D eigenvalue weighted by Gasteiger charge is 2.28. The van der Waals surface area contributed by atoms with Crippen LogP contribution in [0.1, 0.15) is 20.8 Å². The highest BCUT2D eigenvalue weighted by Crippen LogP contribution is 2.21. The average molecular weight is 424 g/mol. The lowest BCUT2D eigenvalue weighted by Crippen LogP contribution is -2.51. The van der Waals surface area contributed by atoms with E-state index in [1.807, 2.05) is 56.0 Å². The van der Waals surface area contributed by atoms with E-state index in [1.54, 1.807) is 15.5 Å². The molecule has 0 aliphatic carbocycles. The third kappa shape index (κ3) is 4.38. The van der Waals surface area contributed by atoms with E-state index in [0.717, 1.165) is 0 Å². The Morgan fingerprint density at radius 2 is 1.71 bits per heavy atom. The number of aromatic nitrogens is 2. The molecule has 1 aliphatic heterocycles. The summed E-state index contributed by atoms with van der Waals surface area (Å²) in [6.45, 7) is 7.14. The molecule has 1 aliphatic rings. The second-order valence-electron chi connectivity index (χ2n) is 8.50. The summed E-state index contributed by atoms with van der Waals surface area (Å²) in [5.41, 5.74) is 0.764. The summed E-state index contributed by atoms with van der Waals surface area (Å²) < 4.78 is 20.9. The van der Waals surface area contributed by atoms with Crippen molar-refractivity contribution in [1.82, 2.24) is 14.5 Å². The van der Waals surface area contributed by atoms with Gasteiger partial charge in [0.05, 0.1) is 11.0 Å². The largest absolute Gasteiger partial charge is 0.444 e. The maximum Gasteiger partial charge on any atom is 0.410 e. The SMILES string of the molecule is CC(C)(C)OC(=O)N1CCN(c2nc3cc(F)ccc3n(-c3ccccc3)c2=O)CC1. The number of hydrogen-bond acceptors (Lipinski definition) is 5. The van der Waals surface area contributed by atoms with E-state index in [0.29, 0.717) is 42.9 Å². The highest BCUT2D eigenvalue weighted by molar-refractivity contribution is 5.78. The summed E-state index contributed by atoms with van der Waals surface area (Å²) in [7, 11) is 0. The molecule has 1 amide bonds. The van der Waals surface area contributed by atoms with Gasteiger partial charge in [0, 0.05) is 37.9 Å². The number of carbonyl (C=O) groups is 1. The minimum atomic E-state index is -0.568. The Bertz CT molecular complexity index is 1160. The number of carbonyl (C=O) groups excluding carboxylic acids is 1. The van der Waals surface area contributed by atoms with E-state index in [4.69, 9.17) is 4.74 Å². The Kier molecular flexibility index (Phi) is 5.39. The molecule has 8 heteroatoms. The predicted octanol–water partition coefficient (Wildman–Crippen LogP) is 3.58. The number of piperazine rings is 1. The lowest BCUT2D eigenvalue weighted by atomic mass is 10.2. The molecule has 1 fully saturated rings. The minimum Gasteiger partial charge on any atom is -0.444 e. The number of benzene rings is 2. The molecule has 2 heterocycles. The number of anilines is 1. The van der Waals surface area contributed by atoms with Crippen LogP contribution in [0.3, 0.4) is 0 Å². The first-order chi connectivity index (χ1) is 14.7. The van der Waals surface area contributed by atoms with Crippen LogP contribution in [0, 0.1) is 5.82 Å². The molecule has 162 valence electrons. The summed E-state index contributed by atoms with van der Waals surface area (Å²) in [4.78, 5) is 33.7. The molecule has 0 unspecified atom stereocenters. The zero-order valence-corrected chi connectivity index (χ0v) is 17.8. The number of nitrogens with zero attached hydrogens (tertiary/aromatic N) is 4. The van der Waals surface area contributed by atoms with Crippen LogP contribution in [0.15, 0.2) is 53.3 Å². The van der Waals surface area contributed by atoms with E-state index in [1.165, 1.54) is 12.1 Å². The topological polar surface area (TPSA) is 67.7 Å². The van der Waals surface area contributed by atoms with Crippen LogP contribution in [0.5, 0.6) is 0 Å². The van der Waals surface area contributed by atoms with Gasteiger partial charge in [0.1, 0.15) is 11.4 Å². The Balaban J connectivity index is 1.69. The summed E-state index contributed by atoms with van der Waals surface area (Å²) in [6.07, 6.45) is -0.373. The van der Waals surface area contributed by atoms with Crippen molar-refractivity contribution in [3.63, 3.8) is 0 Å². The van der Waals surface area contributed by atoms with Crippen LogP contribution in [-0.2, 0) is 4.74 Å². The summed E-state index contributed by atoms with van der Waals surface area (Å²) in [5, 5.41) is 0. The van der Waals surface area contributed by atoms with Gasteiger partial charge < -0.3 is 14.5 Å². The molecule has 31 heavy (non-hydrogen) atoms. The van der Waals surface area contributed by atoms with Crippen LogP contribution in [0.2, 0.25) is 0 Å². The van der Waals surface area contributed by atoms with Crippen molar-refractivity contribution < 1.29 is 13.9 Å². The van der Waals surface area contributed by atoms with Crippen molar-refractivity contribution in [3.05, 3.63) is 64.7 Å². The first-order valence-electron chi connectivity index (χ1n) is 10.2. The second-order valence-corrected chi connectivity index (χ2v) is 8.50. The van der Waals surface area contributed by atoms with Gasteiger partial charge in [-0.3, -0.25) is 9.36 Å². The molecule has 3 aromatic rings. The van der Waals surface area contributed by atoms with Crippen molar-refractivity contribution in [3.8, 4) is 5.69 Å². The molecule has 7 nitrogen and oxygen atoms in total. The maximum absolute atomic E-state index is 13.9. The Morgan fingerprint density at radius 3 is 2.35 bits per heavy atom. The Labute approximate surface area is 179 Å². The fraction of sp³-hybridized carbons (Fsp3) is 0.348. The number of ether oxygens (including phenoxy) is 1. The van der Waals surface area contributed by atoms with Crippen LogP contribution >= 0.6 is 0 Å². The van der Waals surface area contributed by atoms with E-state index < -0.39 is 11.4 Å². The normalized spacial score (nSPS) is 14.7. The number of para-hydroxylation sites is 1. The molecule has 2 aromatic carbocycles. The fourth-order valence-corrected chi connectivity index (χ4v) is 3.61. The van der Waals surface area contributed by atoms with Gasteiger partial charge in [0.15, 0.2) is 5.82 Å². The van der Waals surface area contributed by atoms with Crippen LogP contribution in [0.25, 0.3) is 16.7 Å². The number of rotatable bonds is 2. The Hall–Kier alpha value is -3.42. The standard InChI is InChI=1S/C23H25FN4O3/c1-23(2,3)31-22(30)27-13-11-26(12-14-27)20-21(29)28(17-7-5-4-6-8-17)19-10-9-16(24)15-18(19)25-20/h4-10,15H,11-14H2,1-3H3. The number of amides is 1. The maximum atomic E-state index is 13.9. The molecule has 0 radical (unpaired) electrons. The molecule has 0 saturated carbocycles. The van der Waals surface area contributed by atoms with Crippen LogP contribution in [0.4, 0.5) is 15.0 Å². The smallest absolute Gasteiger partial charge is 0.410 e. The summed E-state index contributed by atoms with van der Waals surface area (Å²) in [5.74, 6) is -0.176. The lowest BCUT2D eigenvalue weighted by Gasteiger charge is -2.36. The molecule has 4 rings (SSSR count). The number of hydrogen-bond donors (Lipinski definition) is 0. The lowest BCUT2D eigenvalue weighted by molar-refractivity contribution is 0.0240. The average Bonchev–Trinajstić information content (AvgIpc) is 2.73. The molecule has 1 saturated heterocycles. The van der Waals surface area contributed by atoms with Crippen LogP contribution < -0.4 is 10.5 Å². The van der Waals surface area contributed by atoms with Gasteiger partial charge in [-0.05, 0) is 45.0 Å². The number of halogens is 1. The molecular weight excluding hydrogens is 399 g/mol. The van der Waals surface area contributed by atoms with E-state index in [2.05, 4.69) is 4.98 Å². The molecular formula is C23H25FN4O3. The zero-order chi connectivity index (χ0) is 22.2. The van der Waals surface area contributed by atoms with E-state index in [9.17, 15) is 14.0 Å². The third-order valence-electron chi connectivity index (χ3n) is 5.04. The molecule has 0 atom stereocenters. The van der Waals surface area contributed by atoms with Gasteiger partial charge in [-0.2, -0.15) is 0 Å². The van der Waals surface area contributed by atoms with Crippen molar-refractivity contribution >= 4 is 22.9 Å². The van der Waals surface area contributed by atoms with Gasteiger partial charge in [0.2, 0.25) is 0 Å². The molecule has 0 spiro atoms. The molecule has 0 N–H and O–H groups in total. The Morgan fingerprint density at radius 1 is 1.03 bits per heavy atom. The minimum absolute atomic E-state index is 0.241. The van der Waals surface area contributed by atoms with Gasteiger partial charge in [-0.25, -0.2) is 14.2 Å². The first-order valence-corrected chi connectivity index (χ1v) is 10.2. The van der Waals surface area contributed by atoms with Crippen molar-refractivity contribution in [2.45, 2.75) is 26.4 Å². The predicted molar refractivity (Wildman–Crippen MR) is 117 cm³/mol. The monoisotopic (exact) mass is 424 g/mol. The third-order valence-corrected chi connectivity index (χ3v) is 5.04. The van der Waals surface area contributed by atoms with Crippen molar-refractivity contribution in [1.29, 1.82) is 0 Å². The molecule has 1 aromatic heterocycles. The van der Waals surface area contributed by atoms with E-state index >= 15 is 0 Å². The summed E-state index contributed by atoms with van der Waals surface area (Å²) in [6, 6.07) is 13.4. The van der Waals surface area contributed by atoms with Crippen molar-refractivity contribution in [2.75, 3.05) is 31.1 Å². The van der Waals surface area contributed by atoms with Crippen LogP contribution in [-0.4, -0.2) is 52.3 Å². The van der Waals surface area contributed by atoms with Gasteiger partial charge in [-0.15, -0.1) is 0 Å². The first kappa shape index (κ1) is 20.8.